The fourth-order valence-electron chi connectivity index (χ4n) is 0.661. The molecule has 0 saturated carbocycles. The average molecular weight is 217 g/mol. The first-order chi connectivity index (χ1) is 5.11. The molecule has 1 aromatic heterocycles. The van der Waals surface area contributed by atoms with Crippen molar-refractivity contribution < 1.29 is 4.92 Å². The summed E-state index contributed by atoms with van der Waals surface area (Å²) in [7, 11) is 0. The highest BCUT2D eigenvalue weighted by atomic mass is 79.9. The lowest BCUT2D eigenvalue weighted by Gasteiger charge is -1.94. The number of halogens is 1. The fourth-order valence-corrected chi connectivity index (χ4v) is 1.27. The largest absolute Gasteiger partial charge is 0.377 e. The minimum atomic E-state index is -0.524. The van der Waals surface area contributed by atoms with Gasteiger partial charge in [-0.3, -0.25) is 0 Å². The monoisotopic (exact) mass is 216 g/mol. The van der Waals surface area contributed by atoms with E-state index in [4.69, 9.17) is 0 Å². The number of hydrogen-bond donors (Lipinski definition) is 0. The summed E-state index contributed by atoms with van der Waals surface area (Å²) in [5.74, 6) is -0.143. The molecular formula is C6H5BrN2O2. The molecule has 0 aliphatic rings. The molecule has 4 nitrogen and oxygen atoms in total. The standard InChI is InChI=1S/C6H5BrN2O2/c1-4-2-5(7)6(8-3-4)9(10)11/h2-3H,1H3. The Hall–Kier alpha value is -0.970. The SMILES string of the molecule is Cc1cnc([N+](=O)[O-])c(Br)c1. The Bertz CT molecular complexity index is 301. The predicted molar refractivity (Wildman–Crippen MR) is 43.3 cm³/mol. The van der Waals surface area contributed by atoms with Gasteiger partial charge in [0.15, 0.2) is 0 Å². The summed E-state index contributed by atoms with van der Waals surface area (Å²) >= 11 is 3.04. The minimum absolute atomic E-state index is 0.143. The third kappa shape index (κ3) is 1.74. The predicted octanol–water partition coefficient (Wildman–Crippen LogP) is 2.06. The molecule has 0 radical (unpaired) electrons. The van der Waals surface area contributed by atoms with Gasteiger partial charge in [0.25, 0.3) is 0 Å². The van der Waals surface area contributed by atoms with Crippen molar-refractivity contribution in [1.29, 1.82) is 0 Å². The molecule has 0 spiro atoms. The summed E-state index contributed by atoms with van der Waals surface area (Å²) in [5, 5.41) is 10.2. The molecule has 1 aromatic rings. The maximum absolute atomic E-state index is 10.2. The van der Waals surface area contributed by atoms with Crippen LogP contribution in [0.4, 0.5) is 5.82 Å². The summed E-state index contributed by atoms with van der Waals surface area (Å²) in [6.45, 7) is 1.82. The molecule has 58 valence electrons. The van der Waals surface area contributed by atoms with Gasteiger partial charge in [0, 0.05) is 0 Å². The van der Waals surface area contributed by atoms with Gasteiger partial charge in [0.1, 0.15) is 10.7 Å². The number of pyridine rings is 1. The molecule has 0 aromatic carbocycles. The number of nitrogens with zero attached hydrogens (tertiary/aromatic N) is 2. The molecule has 0 saturated heterocycles. The highest BCUT2D eigenvalue weighted by molar-refractivity contribution is 9.10. The highest BCUT2D eigenvalue weighted by Gasteiger charge is 2.11. The van der Waals surface area contributed by atoms with Crippen LogP contribution in [0.3, 0.4) is 0 Å². The normalized spacial score (nSPS) is 9.64. The van der Waals surface area contributed by atoms with E-state index in [0.717, 1.165) is 5.56 Å². The van der Waals surface area contributed by atoms with Crippen LogP contribution < -0.4 is 0 Å². The molecule has 5 heteroatoms. The number of aryl methyl sites for hydroxylation is 1. The van der Waals surface area contributed by atoms with Gasteiger partial charge in [-0.05, 0) is 44.4 Å². The van der Waals surface area contributed by atoms with Crippen molar-refractivity contribution in [2.24, 2.45) is 0 Å². The summed E-state index contributed by atoms with van der Waals surface area (Å²) < 4.78 is 0.419. The minimum Gasteiger partial charge on any atom is -0.358 e. The molecule has 0 aliphatic carbocycles. The lowest BCUT2D eigenvalue weighted by atomic mass is 10.3. The third-order valence-corrected chi connectivity index (χ3v) is 1.71. The second kappa shape index (κ2) is 2.96. The van der Waals surface area contributed by atoms with Crippen LogP contribution in [-0.4, -0.2) is 9.91 Å². The Labute approximate surface area is 71.5 Å². The summed E-state index contributed by atoms with van der Waals surface area (Å²) in [4.78, 5) is 13.4. The van der Waals surface area contributed by atoms with Crippen LogP contribution in [-0.2, 0) is 0 Å². The molecule has 0 atom stereocenters. The van der Waals surface area contributed by atoms with Gasteiger partial charge in [-0.25, -0.2) is 0 Å². The molecule has 0 aliphatic heterocycles. The Morgan fingerprint density at radius 1 is 1.73 bits per heavy atom. The first kappa shape index (κ1) is 8.13. The summed E-state index contributed by atoms with van der Waals surface area (Å²) in [6.07, 6.45) is 1.46. The number of rotatable bonds is 1. The smallest absolute Gasteiger partial charge is 0.358 e. The van der Waals surface area contributed by atoms with E-state index in [1.165, 1.54) is 6.20 Å². The van der Waals surface area contributed by atoms with E-state index in [2.05, 4.69) is 20.9 Å². The molecule has 1 heterocycles. The first-order valence-corrected chi connectivity index (χ1v) is 3.67. The number of nitro groups is 1. The summed E-state index contributed by atoms with van der Waals surface area (Å²) in [6, 6.07) is 1.66. The van der Waals surface area contributed by atoms with Crippen LogP contribution in [0.1, 0.15) is 5.56 Å². The van der Waals surface area contributed by atoms with Gasteiger partial charge < -0.3 is 10.1 Å². The molecule has 0 fully saturated rings. The highest BCUT2D eigenvalue weighted by Crippen LogP contribution is 2.21. The maximum atomic E-state index is 10.2. The quantitative estimate of drug-likeness (QED) is 0.534. The van der Waals surface area contributed by atoms with Gasteiger partial charge in [-0.1, -0.05) is 0 Å². The van der Waals surface area contributed by atoms with Crippen LogP contribution in [0.2, 0.25) is 0 Å². The van der Waals surface area contributed by atoms with Gasteiger partial charge in [0.2, 0.25) is 0 Å². The average Bonchev–Trinajstić information content (AvgIpc) is 1.85. The van der Waals surface area contributed by atoms with Crippen LogP contribution in [0.25, 0.3) is 0 Å². The second-order valence-corrected chi connectivity index (χ2v) is 2.93. The van der Waals surface area contributed by atoms with Crippen molar-refractivity contribution in [3.05, 3.63) is 32.4 Å². The first-order valence-electron chi connectivity index (χ1n) is 2.88. The van der Waals surface area contributed by atoms with E-state index >= 15 is 0 Å². The Kier molecular flexibility index (Phi) is 2.19. The Balaban J connectivity index is 3.20. The van der Waals surface area contributed by atoms with Gasteiger partial charge in [-0.15, -0.1) is 0 Å². The van der Waals surface area contributed by atoms with Crippen molar-refractivity contribution in [2.75, 3.05) is 0 Å². The van der Waals surface area contributed by atoms with E-state index < -0.39 is 4.92 Å². The molecule has 11 heavy (non-hydrogen) atoms. The van der Waals surface area contributed by atoms with E-state index in [0.29, 0.717) is 4.47 Å². The topological polar surface area (TPSA) is 56.0 Å². The lowest BCUT2D eigenvalue weighted by Crippen LogP contribution is -1.93. The third-order valence-electron chi connectivity index (χ3n) is 1.13. The van der Waals surface area contributed by atoms with Crippen molar-refractivity contribution in [2.45, 2.75) is 6.92 Å². The molecule has 0 amide bonds. The van der Waals surface area contributed by atoms with Crippen LogP contribution in [0.5, 0.6) is 0 Å². The zero-order valence-electron chi connectivity index (χ0n) is 5.74. The molecule has 0 unspecified atom stereocenters. The second-order valence-electron chi connectivity index (χ2n) is 2.08. The Morgan fingerprint density at radius 3 is 2.82 bits per heavy atom. The Morgan fingerprint density at radius 2 is 2.36 bits per heavy atom. The number of aromatic nitrogens is 1. The van der Waals surface area contributed by atoms with E-state index in [-0.39, 0.29) is 5.82 Å². The van der Waals surface area contributed by atoms with E-state index in [9.17, 15) is 10.1 Å². The molecule has 1 rings (SSSR count). The van der Waals surface area contributed by atoms with Gasteiger partial charge in [-0.2, -0.15) is 0 Å². The van der Waals surface area contributed by atoms with Crippen molar-refractivity contribution in [3.8, 4) is 0 Å². The number of hydrogen-bond acceptors (Lipinski definition) is 3. The molecule has 0 bridgehead atoms. The van der Waals surface area contributed by atoms with E-state index in [1.807, 2.05) is 6.92 Å². The van der Waals surface area contributed by atoms with E-state index in [1.54, 1.807) is 6.07 Å². The van der Waals surface area contributed by atoms with Gasteiger partial charge in [0.05, 0.1) is 0 Å². The fraction of sp³-hybridized carbons (Fsp3) is 0.167. The van der Waals surface area contributed by atoms with Crippen LogP contribution in [0, 0.1) is 17.0 Å². The molecule has 0 N–H and O–H groups in total. The van der Waals surface area contributed by atoms with Gasteiger partial charge >= 0.3 is 5.82 Å². The lowest BCUT2D eigenvalue weighted by molar-refractivity contribution is -0.390. The maximum Gasteiger partial charge on any atom is 0.377 e. The zero-order valence-corrected chi connectivity index (χ0v) is 7.33. The molecular weight excluding hydrogens is 212 g/mol. The van der Waals surface area contributed by atoms with Crippen LogP contribution >= 0.6 is 15.9 Å². The van der Waals surface area contributed by atoms with Crippen LogP contribution in [0.15, 0.2) is 16.7 Å². The summed E-state index contributed by atoms with van der Waals surface area (Å²) in [5.41, 5.74) is 0.891. The van der Waals surface area contributed by atoms with Crippen molar-refractivity contribution in [3.63, 3.8) is 0 Å². The van der Waals surface area contributed by atoms with Crippen molar-refractivity contribution in [1.82, 2.24) is 4.98 Å². The zero-order chi connectivity index (χ0) is 8.43. The van der Waals surface area contributed by atoms with Crippen molar-refractivity contribution >= 4 is 21.7 Å².